The van der Waals surface area contributed by atoms with Crippen LogP contribution in [0, 0.1) is 24.7 Å². The Hall–Kier alpha value is -1.62. The van der Waals surface area contributed by atoms with Gasteiger partial charge < -0.3 is 15.0 Å². The Morgan fingerprint density at radius 3 is 2.71 bits per heavy atom. The molecule has 28 heavy (non-hydrogen) atoms. The van der Waals surface area contributed by atoms with E-state index in [9.17, 15) is 4.79 Å². The lowest BCUT2D eigenvalue weighted by Gasteiger charge is -2.38. The molecule has 1 N–H and O–H groups in total. The molecule has 2 fully saturated rings. The van der Waals surface area contributed by atoms with Gasteiger partial charge in [0.15, 0.2) is 0 Å². The molecule has 2 heterocycles. The summed E-state index contributed by atoms with van der Waals surface area (Å²) in [6, 6.07) is 4.33. The number of pyridine rings is 1. The van der Waals surface area contributed by atoms with Crippen molar-refractivity contribution >= 4 is 5.91 Å². The van der Waals surface area contributed by atoms with Crippen LogP contribution in [-0.4, -0.2) is 48.1 Å². The minimum Gasteiger partial charge on any atom is -0.492 e. The van der Waals surface area contributed by atoms with Crippen molar-refractivity contribution in [3.05, 3.63) is 24.0 Å². The highest BCUT2D eigenvalue weighted by Gasteiger charge is 2.33. The Bertz CT molecular complexity index is 611. The lowest BCUT2D eigenvalue weighted by atomic mass is 9.87. The number of likely N-dealkylation sites (tertiary alicyclic amines) is 1. The second-order valence-electron chi connectivity index (χ2n) is 9.20. The molecule has 156 valence electrons. The van der Waals surface area contributed by atoms with Gasteiger partial charge in [-0.25, -0.2) is 0 Å². The number of nitrogens with one attached hydrogen (secondary N) is 1. The van der Waals surface area contributed by atoms with Crippen LogP contribution in [0.3, 0.4) is 0 Å². The third kappa shape index (κ3) is 6.47. The molecule has 0 bridgehead atoms. The molecule has 1 saturated carbocycles. The van der Waals surface area contributed by atoms with Gasteiger partial charge in [0.1, 0.15) is 5.75 Å². The van der Waals surface area contributed by atoms with Gasteiger partial charge in [0.2, 0.25) is 5.91 Å². The standard InChI is InChI=1S/C23H37N3O2/c1-17(2)13-26-14-19(16-28-22-10-9-18(3)24-12-22)11-20(15-26)23(27)25-21-7-5-4-6-8-21/h9-10,12,17,19-21H,4-8,11,13-16H2,1-3H3,(H,25,27)/t19-,20+/m0/s1. The van der Waals surface area contributed by atoms with Crippen LogP contribution in [0.1, 0.15) is 58.1 Å². The average Bonchev–Trinajstić information content (AvgIpc) is 2.67. The summed E-state index contributed by atoms with van der Waals surface area (Å²) >= 11 is 0. The summed E-state index contributed by atoms with van der Waals surface area (Å²) in [5.74, 6) is 2.11. The van der Waals surface area contributed by atoms with Crippen molar-refractivity contribution in [2.24, 2.45) is 17.8 Å². The number of aryl methyl sites for hydroxylation is 1. The molecular weight excluding hydrogens is 350 g/mol. The molecule has 1 aromatic heterocycles. The fraction of sp³-hybridized carbons (Fsp3) is 0.739. The van der Waals surface area contributed by atoms with Crippen molar-refractivity contribution in [1.82, 2.24) is 15.2 Å². The number of nitrogens with zero attached hydrogens (tertiary/aromatic N) is 2. The van der Waals surface area contributed by atoms with E-state index < -0.39 is 0 Å². The van der Waals surface area contributed by atoms with E-state index in [0.29, 0.717) is 24.5 Å². The fourth-order valence-corrected chi connectivity index (χ4v) is 4.60. The van der Waals surface area contributed by atoms with Gasteiger partial charge in [-0.1, -0.05) is 33.1 Å². The van der Waals surface area contributed by atoms with Crippen molar-refractivity contribution in [2.45, 2.75) is 65.3 Å². The number of ether oxygens (including phenoxy) is 1. The maximum atomic E-state index is 13.0. The maximum Gasteiger partial charge on any atom is 0.224 e. The minimum absolute atomic E-state index is 0.0687. The van der Waals surface area contributed by atoms with Crippen molar-refractivity contribution in [2.75, 3.05) is 26.2 Å². The molecular formula is C23H37N3O2. The Morgan fingerprint density at radius 1 is 1.25 bits per heavy atom. The molecule has 5 heteroatoms. The van der Waals surface area contributed by atoms with E-state index in [1.807, 2.05) is 19.1 Å². The molecule has 1 amide bonds. The molecule has 2 aliphatic rings. The first-order chi connectivity index (χ1) is 13.5. The Labute approximate surface area is 170 Å². The molecule has 1 saturated heterocycles. The van der Waals surface area contributed by atoms with E-state index in [2.05, 4.69) is 29.0 Å². The zero-order valence-electron chi connectivity index (χ0n) is 17.8. The zero-order valence-corrected chi connectivity index (χ0v) is 17.8. The summed E-state index contributed by atoms with van der Waals surface area (Å²) in [7, 11) is 0. The highest BCUT2D eigenvalue weighted by Crippen LogP contribution is 2.25. The Kier molecular flexibility index (Phi) is 7.72. The molecule has 3 rings (SSSR count). The molecule has 0 radical (unpaired) electrons. The minimum atomic E-state index is 0.0687. The predicted octanol–water partition coefficient (Wildman–Crippen LogP) is 3.81. The number of carbonyl (C=O) groups excluding carboxylic acids is 1. The molecule has 0 spiro atoms. The van der Waals surface area contributed by atoms with Gasteiger partial charge in [0.05, 0.1) is 18.7 Å². The highest BCUT2D eigenvalue weighted by molar-refractivity contribution is 5.79. The summed E-state index contributed by atoms with van der Waals surface area (Å²) in [6.45, 7) is 10.0. The van der Waals surface area contributed by atoms with Gasteiger partial charge >= 0.3 is 0 Å². The van der Waals surface area contributed by atoms with Crippen molar-refractivity contribution in [3.8, 4) is 5.75 Å². The number of amides is 1. The summed E-state index contributed by atoms with van der Waals surface area (Å²) in [4.78, 5) is 19.7. The van der Waals surface area contributed by atoms with Crippen molar-refractivity contribution < 1.29 is 9.53 Å². The normalized spacial score (nSPS) is 24.3. The van der Waals surface area contributed by atoms with Crippen LogP contribution < -0.4 is 10.1 Å². The van der Waals surface area contributed by atoms with Gasteiger partial charge in [-0.2, -0.15) is 0 Å². The van der Waals surface area contributed by atoms with Gasteiger partial charge in [-0.3, -0.25) is 9.78 Å². The molecule has 1 aromatic rings. The SMILES string of the molecule is Cc1ccc(OC[C@H]2C[C@@H](C(=O)NC3CCCCC3)CN(CC(C)C)C2)cn1. The fourth-order valence-electron chi connectivity index (χ4n) is 4.60. The summed E-state index contributed by atoms with van der Waals surface area (Å²) in [5, 5.41) is 3.35. The van der Waals surface area contributed by atoms with E-state index >= 15 is 0 Å². The summed E-state index contributed by atoms with van der Waals surface area (Å²) in [6.07, 6.45) is 8.78. The van der Waals surface area contributed by atoms with E-state index in [0.717, 1.165) is 50.3 Å². The lowest BCUT2D eigenvalue weighted by Crippen LogP contribution is -2.50. The zero-order chi connectivity index (χ0) is 19.9. The first-order valence-corrected chi connectivity index (χ1v) is 11.1. The molecule has 0 aromatic carbocycles. The van der Waals surface area contributed by atoms with Crippen LogP contribution in [0.2, 0.25) is 0 Å². The predicted molar refractivity (Wildman–Crippen MR) is 112 cm³/mol. The van der Waals surface area contributed by atoms with Gasteiger partial charge in [-0.15, -0.1) is 0 Å². The highest BCUT2D eigenvalue weighted by atomic mass is 16.5. The summed E-state index contributed by atoms with van der Waals surface area (Å²) in [5.41, 5.74) is 0.993. The topological polar surface area (TPSA) is 54.5 Å². The number of piperidine rings is 1. The second kappa shape index (κ2) is 10.2. The number of hydrogen-bond acceptors (Lipinski definition) is 4. The largest absolute Gasteiger partial charge is 0.492 e. The molecule has 0 unspecified atom stereocenters. The first-order valence-electron chi connectivity index (χ1n) is 11.1. The van der Waals surface area contributed by atoms with E-state index in [1.54, 1.807) is 6.20 Å². The van der Waals surface area contributed by atoms with Gasteiger partial charge in [0.25, 0.3) is 0 Å². The van der Waals surface area contributed by atoms with Crippen LogP contribution in [0.5, 0.6) is 5.75 Å². The van der Waals surface area contributed by atoms with Crippen LogP contribution in [-0.2, 0) is 4.79 Å². The third-order valence-corrected chi connectivity index (χ3v) is 5.93. The van der Waals surface area contributed by atoms with Crippen LogP contribution in [0.4, 0.5) is 0 Å². The number of carbonyl (C=O) groups is 1. The van der Waals surface area contributed by atoms with E-state index in [1.165, 1.54) is 19.3 Å². The van der Waals surface area contributed by atoms with E-state index in [-0.39, 0.29) is 11.8 Å². The number of rotatable bonds is 7. The number of hydrogen-bond donors (Lipinski definition) is 1. The second-order valence-corrected chi connectivity index (χ2v) is 9.20. The van der Waals surface area contributed by atoms with Gasteiger partial charge in [-0.05, 0) is 44.2 Å². The quantitative estimate of drug-likeness (QED) is 0.773. The number of aromatic nitrogens is 1. The molecule has 5 nitrogen and oxygen atoms in total. The lowest BCUT2D eigenvalue weighted by molar-refractivity contribution is -0.128. The van der Waals surface area contributed by atoms with Crippen molar-refractivity contribution in [3.63, 3.8) is 0 Å². The smallest absolute Gasteiger partial charge is 0.224 e. The van der Waals surface area contributed by atoms with E-state index in [4.69, 9.17) is 4.74 Å². The maximum absolute atomic E-state index is 13.0. The molecule has 1 aliphatic carbocycles. The third-order valence-electron chi connectivity index (χ3n) is 5.93. The van der Waals surface area contributed by atoms with Crippen LogP contribution in [0.15, 0.2) is 18.3 Å². The Balaban J connectivity index is 1.57. The van der Waals surface area contributed by atoms with Crippen LogP contribution >= 0.6 is 0 Å². The first kappa shape index (κ1) is 21.1. The molecule has 1 aliphatic heterocycles. The van der Waals surface area contributed by atoms with Crippen LogP contribution in [0.25, 0.3) is 0 Å². The monoisotopic (exact) mass is 387 g/mol. The molecule has 2 atom stereocenters. The Morgan fingerprint density at radius 2 is 2.04 bits per heavy atom. The van der Waals surface area contributed by atoms with Gasteiger partial charge in [0, 0.05) is 37.3 Å². The average molecular weight is 388 g/mol. The summed E-state index contributed by atoms with van der Waals surface area (Å²) < 4.78 is 6.01. The van der Waals surface area contributed by atoms with Crippen molar-refractivity contribution in [1.29, 1.82) is 0 Å².